The second-order valence-electron chi connectivity index (χ2n) is 5.15. The summed E-state index contributed by atoms with van der Waals surface area (Å²) in [6.07, 6.45) is 6.42. The maximum atomic E-state index is 11.9. The minimum Gasteiger partial charge on any atom is -0.356 e. The summed E-state index contributed by atoms with van der Waals surface area (Å²) in [7, 11) is 0. The highest BCUT2D eigenvalue weighted by atomic mass is 16.1. The van der Waals surface area contributed by atoms with Crippen LogP contribution < -0.4 is 11.1 Å². The van der Waals surface area contributed by atoms with Crippen LogP contribution in [0.15, 0.2) is 0 Å². The van der Waals surface area contributed by atoms with E-state index < -0.39 is 0 Å². The molecule has 0 saturated heterocycles. The average molecular weight is 226 g/mol. The van der Waals surface area contributed by atoms with Crippen molar-refractivity contribution in [3.05, 3.63) is 0 Å². The first kappa shape index (κ1) is 13.5. The van der Waals surface area contributed by atoms with Crippen LogP contribution in [-0.4, -0.2) is 18.5 Å². The van der Waals surface area contributed by atoms with Crippen molar-refractivity contribution in [1.82, 2.24) is 5.32 Å². The minimum absolute atomic E-state index is 0.205. The molecule has 0 bridgehead atoms. The normalized spacial score (nSPS) is 30.1. The lowest BCUT2D eigenvalue weighted by Gasteiger charge is -2.31. The molecular weight excluding hydrogens is 200 g/mol. The summed E-state index contributed by atoms with van der Waals surface area (Å²) in [5.41, 5.74) is 5.95. The highest BCUT2D eigenvalue weighted by Gasteiger charge is 2.29. The quantitative estimate of drug-likeness (QED) is 0.705. The van der Waals surface area contributed by atoms with Gasteiger partial charge in [-0.3, -0.25) is 4.79 Å². The summed E-state index contributed by atoms with van der Waals surface area (Å²) >= 11 is 0. The maximum Gasteiger partial charge on any atom is 0.223 e. The standard InChI is InChI=1S/C13H26N2O/c1-3-4-5-8-15-13(16)11-6-7-12(14)10(2)9-11/h10-12H,3-9,14H2,1-2H3,(H,15,16). The van der Waals surface area contributed by atoms with Gasteiger partial charge in [0, 0.05) is 18.5 Å². The van der Waals surface area contributed by atoms with Crippen LogP contribution in [0.5, 0.6) is 0 Å². The molecule has 1 amide bonds. The van der Waals surface area contributed by atoms with E-state index in [-0.39, 0.29) is 11.8 Å². The number of hydrogen-bond acceptors (Lipinski definition) is 2. The summed E-state index contributed by atoms with van der Waals surface area (Å²) in [5, 5.41) is 3.04. The molecule has 1 fully saturated rings. The van der Waals surface area contributed by atoms with E-state index in [1.165, 1.54) is 12.8 Å². The first-order valence-electron chi connectivity index (χ1n) is 6.68. The fourth-order valence-electron chi connectivity index (χ4n) is 2.39. The van der Waals surface area contributed by atoms with Crippen LogP contribution in [-0.2, 0) is 4.79 Å². The Bertz CT molecular complexity index is 218. The lowest BCUT2D eigenvalue weighted by atomic mass is 9.79. The highest BCUT2D eigenvalue weighted by Crippen LogP contribution is 2.27. The van der Waals surface area contributed by atoms with Gasteiger partial charge in [0.1, 0.15) is 0 Å². The highest BCUT2D eigenvalue weighted by molar-refractivity contribution is 5.78. The van der Waals surface area contributed by atoms with E-state index in [0.717, 1.165) is 32.2 Å². The SMILES string of the molecule is CCCCCNC(=O)C1CCC(N)C(C)C1. The molecule has 0 heterocycles. The summed E-state index contributed by atoms with van der Waals surface area (Å²) in [6.45, 7) is 5.16. The zero-order valence-corrected chi connectivity index (χ0v) is 10.7. The minimum atomic E-state index is 0.205. The topological polar surface area (TPSA) is 55.1 Å². The third-order valence-corrected chi connectivity index (χ3v) is 3.69. The number of carbonyl (C=O) groups excluding carboxylic acids is 1. The Morgan fingerprint density at radius 1 is 1.38 bits per heavy atom. The molecule has 0 aromatic heterocycles. The van der Waals surface area contributed by atoms with E-state index in [1.807, 2.05) is 0 Å². The molecule has 3 atom stereocenters. The van der Waals surface area contributed by atoms with Crippen molar-refractivity contribution in [3.63, 3.8) is 0 Å². The van der Waals surface area contributed by atoms with E-state index >= 15 is 0 Å². The first-order valence-corrected chi connectivity index (χ1v) is 6.68. The number of nitrogens with one attached hydrogen (secondary N) is 1. The van der Waals surface area contributed by atoms with Crippen LogP contribution in [0.25, 0.3) is 0 Å². The van der Waals surface area contributed by atoms with Gasteiger partial charge in [0.25, 0.3) is 0 Å². The zero-order chi connectivity index (χ0) is 12.0. The summed E-state index contributed by atoms with van der Waals surface area (Å²) in [4.78, 5) is 11.9. The number of hydrogen-bond donors (Lipinski definition) is 2. The number of unbranched alkanes of at least 4 members (excludes halogenated alkanes) is 2. The van der Waals surface area contributed by atoms with Crippen LogP contribution >= 0.6 is 0 Å². The van der Waals surface area contributed by atoms with E-state index in [2.05, 4.69) is 19.2 Å². The molecule has 3 nitrogen and oxygen atoms in total. The van der Waals surface area contributed by atoms with Gasteiger partial charge in [-0.25, -0.2) is 0 Å². The number of rotatable bonds is 5. The Hall–Kier alpha value is -0.570. The van der Waals surface area contributed by atoms with Gasteiger partial charge in [-0.15, -0.1) is 0 Å². The molecule has 94 valence electrons. The van der Waals surface area contributed by atoms with Gasteiger partial charge in [-0.05, 0) is 31.6 Å². The molecule has 3 heteroatoms. The molecule has 0 aromatic carbocycles. The van der Waals surface area contributed by atoms with Crippen molar-refractivity contribution in [1.29, 1.82) is 0 Å². The number of carbonyl (C=O) groups is 1. The van der Waals surface area contributed by atoms with Gasteiger partial charge in [0.15, 0.2) is 0 Å². The third-order valence-electron chi connectivity index (χ3n) is 3.69. The Kier molecular flexibility index (Phi) is 5.81. The Labute approximate surface area is 99.2 Å². The molecule has 1 aliphatic carbocycles. The predicted octanol–water partition coefficient (Wildman–Crippen LogP) is 2.06. The third kappa shape index (κ3) is 4.12. The van der Waals surface area contributed by atoms with Crippen molar-refractivity contribution in [2.24, 2.45) is 17.6 Å². The molecule has 0 radical (unpaired) electrons. The van der Waals surface area contributed by atoms with Crippen LogP contribution in [0.3, 0.4) is 0 Å². The van der Waals surface area contributed by atoms with Gasteiger partial charge in [0.05, 0.1) is 0 Å². The lowest BCUT2D eigenvalue weighted by molar-refractivity contribution is -0.126. The summed E-state index contributed by atoms with van der Waals surface area (Å²) in [5.74, 6) is 0.937. The fraction of sp³-hybridized carbons (Fsp3) is 0.923. The van der Waals surface area contributed by atoms with Crippen molar-refractivity contribution in [3.8, 4) is 0 Å². The number of nitrogens with two attached hydrogens (primary N) is 1. The molecule has 1 rings (SSSR count). The zero-order valence-electron chi connectivity index (χ0n) is 10.7. The summed E-state index contributed by atoms with van der Waals surface area (Å²) in [6, 6.07) is 0.296. The van der Waals surface area contributed by atoms with Gasteiger partial charge in [-0.1, -0.05) is 26.7 Å². The van der Waals surface area contributed by atoms with E-state index in [0.29, 0.717) is 12.0 Å². The van der Waals surface area contributed by atoms with Crippen LogP contribution in [0, 0.1) is 11.8 Å². The second kappa shape index (κ2) is 6.89. The van der Waals surface area contributed by atoms with Crippen LogP contribution in [0.2, 0.25) is 0 Å². The molecule has 1 aliphatic rings. The molecule has 0 aromatic rings. The smallest absolute Gasteiger partial charge is 0.223 e. The maximum absolute atomic E-state index is 11.9. The first-order chi connectivity index (χ1) is 7.65. The lowest BCUT2D eigenvalue weighted by Crippen LogP contribution is -2.40. The van der Waals surface area contributed by atoms with Gasteiger partial charge in [0.2, 0.25) is 5.91 Å². The Morgan fingerprint density at radius 2 is 2.12 bits per heavy atom. The number of amides is 1. The molecule has 16 heavy (non-hydrogen) atoms. The monoisotopic (exact) mass is 226 g/mol. The van der Waals surface area contributed by atoms with Crippen molar-refractivity contribution in [2.45, 2.75) is 58.4 Å². The second-order valence-corrected chi connectivity index (χ2v) is 5.15. The fourth-order valence-corrected chi connectivity index (χ4v) is 2.39. The van der Waals surface area contributed by atoms with Crippen molar-refractivity contribution < 1.29 is 4.79 Å². The molecule has 1 saturated carbocycles. The average Bonchev–Trinajstić information content (AvgIpc) is 2.28. The molecule has 3 unspecified atom stereocenters. The largest absolute Gasteiger partial charge is 0.356 e. The van der Waals surface area contributed by atoms with Crippen LogP contribution in [0.4, 0.5) is 0 Å². The Morgan fingerprint density at radius 3 is 2.75 bits per heavy atom. The van der Waals surface area contributed by atoms with Gasteiger partial charge < -0.3 is 11.1 Å². The van der Waals surface area contributed by atoms with Crippen LogP contribution in [0.1, 0.15) is 52.4 Å². The molecule has 0 aliphatic heterocycles. The van der Waals surface area contributed by atoms with E-state index in [9.17, 15) is 4.79 Å². The van der Waals surface area contributed by atoms with Gasteiger partial charge >= 0.3 is 0 Å². The van der Waals surface area contributed by atoms with E-state index in [1.54, 1.807) is 0 Å². The molecular formula is C13H26N2O. The molecule has 0 spiro atoms. The predicted molar refractivity (Wildman–Crippen MR) is 67.0 cm³/mol. The van der Waals surface area contributed by atoms with Crippen molar-refractivity contribution >= 4 is 5.91 Å². The summed E-state index contributed by atoms with van der Waals surface area (Å²) < 4.78 is 0. The molecule has 3 N–H and O–H groups in total. The van der Waals surface area contributed by atoms with E-state index in [4.69, 9.17) is 5.73 Å². The Balaban J connectivity index is 2.21. The van der Waals surface area contributed by atoms with Gasteiger partial charge in [-0.2, -0.15) is 0 Å². The van der Waals surface area contributed by atoms with Crippen molar-refractivity contribution in [2.75, 3.05) is 6.54 Å².